The maximum Gasteiger partial charge on any atom is 0.240 e. The Morgan fingerprint density at radius 2 is 1.80 bits per heavy atom. The SMILES string of the molecule is COc1ccc([C@@H]2[C@@H](C(N)=O)N3C=Cc4ccccc4C3C2(C#N)C#N)cc1OC. The number of rotatable bonds is 4. The summed E-state index contributed by atoms with van der Waals surface area (Å²) in [6, 6.07) is 15.7. The molecule has 7 heteroatoms. The lowest BCUT2D eigenvalue weighted by Crippen LogP contribution is -2.41. The molecular formula is C23H20N4O3. The van der Waals surface area contributed by atoms with E-state index in [1.54, 1.807) is 29.3 Å². The first-order valence-corrected chi connectivity index (χ1v) is 9.40. The first kappa shape index (κ1) is 19.4. The second kappa shape index (κ2) is 7.13. The monoisotopic (exact) mass is 400 g/mol. The van der Waals surface area contributed by atoms with E-state index in [-0.39, 0.29) is 0 Å². The molecule has 4 rings (SSSR count). The Hall–Kier alpha value is -3.97. The second-order valence-corrected chi connectivity index (χ2v) is 7.33. The number of carbonyl (C=O) groups is 1. The van der Waals surface area contributed by atoms with Gasteiger partial charge in [-0.1, -0.05) is 30.3 Å². The molecule has 0 radical (unpaired) electrons. The van der Waals surface area contributed by atoms with Gasteiger partial charge in [0.1, 0.15) is 6.04 Å². The Morgan fingerprint density at radius 3 is 2.43 bits per heavy atom. The van der Waals surface area contributed by atoms with Crippen molar-refractivity contribution < 1.29 is 14.3 Å². The molecule has 0 spiro atoms. The zero-order chi connectivity index (χ0) is 21.5. The van der Waals surface area contributed by atoms with Crippen molar-refractivity contribution in [2.24, 2.45) is 11.1 Å². The van der Waals surface area contributed by atoms with Gasteiger partial charge in [-0.05, 0) is 34.9 Å². The quantitative estimate of drug-likeness (QED) is 0.844. The van der Waals surface area contributed by atoms with Gasteiger partial charge in [-0.25, -0.2) is 0 Å². The van der Waals surface area contributed by atoms with Gasteiger partial charge in [0.05, 0.1) is 32.4 Å². The standard InChI is InChI=1S/C23H20N4O3/c1-29-17-8-7-15(11-18(17)30-2)19-20(22(26)28)27-10-9-14-5-3-4-6-16(14)21(27)23(19,12-24)13-25/h3-11,19-21H,1-2H3,(H2,26,28)/t19-,20+,21?/m1/s1. The highest BCUT2D eigenvalue weighted by molar-refractivity contribution is 5.84. The number of benzene rings is 2. The molecule has 0 aromatic heterocycles. The molecule has 2 aromatic carbocycles. The van der Waals surface area contributed by atoms with E-state index in [4.69, 9.17) is 15.2 Å². The van der Waals surface area contributed by atoms with Crippen LogP contribution in [0.2, 0.25) is 0 Å². The largest absolute Gasteiger partial charge is 0.493 e. The summed E-state index contributed by atoms with van der Waals surface area (Å²) in [4.78, 5) is 14.4. The highest BCUT2D eigenvalue weighted by Gasteiger charge is 2.63. The summed E-state index contributed by atoms with van der Waals surface area (Å²) in [6.07, 6.45) is 3.63. The zero-order valence-corrected chi connectivity index (χ0v) is 16.6. The molecular weight excluding hydrogens is 380 g/mol. The highest BCUT2D eigenvalue weighted by atomic mass is 16.5. The summed E-state index contributed by atoms with van der Waals surface area (Å²) in [7, 11) is 3.03. The van der Waals surface area contributed by atoms with Gasteiger partial charge in [-0.15, -0.1) is 0 Å². The van der Waals surface area contributed by atoms with Gasteiger partial charge in [0.2, 0.25) is 5.91 Å². The molecule has 1 saturated heterocycles. The minimum absolute atomic E-state index is 0.448. The van der Waals surface area contributed by atoms with Gasteiger partial charge in [-0.3, -0.25) is 4.79 Å². The zero-order valence-electron chi connectivity index (χ0n) is 16.6. The third-order valence-corrected chi connectivity index (χ3v) is 6.00. The molecule has 1 amide bonds. The number of nitrogens with two attached hydrogens (primary N) is 1. The molecule has 2 N–H and O–H groups in total. The Labute approximate surface area is 174 Å². The number of hydrogen-bond acceptors (Lipinski definition) is 6. The van der Waals surface area contributed by atoms with Gasteiger partial charge in [-0.2, -0.15) is 10.5 Å². The lowest BCUT2D eigenvalue weighted by Gasteiger charge is -2.34. The van der Waals surface area contributed by atoms with Crippen LogP contribution < -0.4 is 15.2 Å². The van der Waals surface area contributed by atoms with Crippen LogP contribution >= 0.6 is 0 Å². The Balaban J connectivity index is 1.98. The van der Waals surface area contributed by atoms with E-state index < -0.39 is 29.3 Å². The summed E-state index contributed by atoms with van der Waals surface area (Å²) < 4.78 is 10.7. The Bertz CT molecular complexity index is 1110. The van der Waals surface area contributed by atoms with Crippen LogP contribution in [0.5, 0.6) is 11.5 Å². The van der Waals surface area contributed by atoms with Crippen LogP contribution in [0.4, 0.5) is 0 Å². The van der Waals surface area contributed by atoms with Crippen LogP contribution in [0.15, 0.2) is 48.7 Å². The van der Waals surface area contributed by atoms with Crippen molar-refractivity contribution in [1.82, 2.24) is 4.90 Å². The van der Waals surface area contributed by atoms with Crippen molar-refractivity contribution >= 4 is 12.0 Å². The summed E-state index contributed by atoms with van der Waals surface area (Å²) in [5, 5.41) is 20.6. The van der Waals surface area contributed by atoms with Gasteiger partial charge in [0.15, 0.2) is 16.9 Å². The number of amides is 1. The van der Waals surface area contributed by atoms with Crippen molar-refractivity contribution in [3.05, 3.63) is 65.4 Å². The minimum atomic E-state index is -1.54. The number of primary amides is 1. The first-order chi connectivity index (χ1) is 14.5. The number of ether oxygens (including phenoxy) is 2. The molecule has 2 aliphatic heterocycles. The molecule has 1 fully saturated rings. The third kappa shape index (κ3) is 2.53. The summed E-state index contributed by atoms with van der Waals surface area (Å²) in [6.45, 7) is 0. The van der Waals surface area contributed by atoms with E-state index in [1.165, 1.54) is 14.2 Å². The lowest BCUT2D eigenvalue weighted by atomic mass is 9.68. The van der Waals surface area contributed by atoms with Crippen molar-refractivity contribution in [2.45, 2.75) is 18.0 Å². The lowest BCUT2D eigenvalue weighted by molar-refractivity contribution is -0.122. The molecule has 150 valence electrons. The number of hydrogen-bond donors (Lipinski definition) is 1. The molecule has 2 aliphatic rings. The van der Waals surface area contributed by atoms with Gasteiger partial charge in [0.25, 0.3) is 0 Å². The van der Waals surface area contributed by atoms with E-state index in [2.05, 4.69) is 12.1 Å². The molecule has 1 unspecified atom stereocenters. The summed E-state index contributed by atoms with van der Waals surface area (Å²) in [5.74, 6) is -0.428. The smallest absolute Gasteiger partial charge is 0.240 e. The van der Waals surface area contributed by atoms with Crippen LogP contribution in [0.3, 0.4) is 0 Å². The van der Waals surface area contributed by atoms with Crippen LogP contribution in [0, 0.1) is 28.1 Å². The predicted octanol–water partition coefficient (Wildman–Crippen LogP) is 2.72. The fourth-order valence-corrected chi connectivity index (χ4v) is 4.74. The van der Waals surface area contributed by atoms with Gasteiger partial charge < -0.3 is 20.1 Å². The van der Waals surface area contributed by atoms with Crippen LogP contribution in [-0.2, 0) is 4.79 Å². The highest BCUT2D eigenvalue weighted by Crippen LogP contribution is 2.59. The van der Waals surface area contributed by atoms with Crippen molar-refractivity contribution in [2.75, 3.05) is 14.2 Å². The summed E-state index contributed by atoms with van der Waals surface area (Å²) in [5.41, 5.74) is 6.61. The number of nitriles is 2. The topological polar surface area (TPSA) is 112 Å². The molecule has 7 nitrogen and oxygen atoms in total. The van der Waals surface area contributed by atoms with Gasteiger partial charge >= 0.3 is 0 Å². The predicted molar refractivity (Wildman–Crippen MR) is 109 cm³/mol. The van der Waals surface area contributed by atoms with E-state index in [9.17, 15) is 15.3 Å². The molecule has 0 saturated carbocycles. The Kier molecular flexibility index (Phi) is 4.60. The molecule has 0 aliphatic carbocycles. The maximum atomic E-state index is 12.6. The van der Waals surface area contributed by atoms with E-state index in [0.29, 0.717) is 17.1 Å². The van der Waals surface area contributed by atoms with Gasteiger partial charge in [0, 0.05) is 12.1 Å². The second-order valence-electron chi connectivity index (χ2n) is 7.33. The minimum Gasteiger partial charge on any atom is -0.493 e. The number of carbonyl (C=O) groups excluding carboxylic acids is 1. The molecule has 0 bridgehead atoms. The Morgan fingerprint density at radius 1 is 1.10 bits per heavy atom. The first-order valence-electron chi connectivity index (χ1n) is 9.40. The van der Waals surface area contributed by atoms with Crippen LogP contribution in [-0.4, -0.2) is 31.1 Å². The fourth-order valence-electron chi connectivity index (χ4n) is 4.74. The normalized spacial score (nSPS) is 22.9. The maximum absolute atomic E-state index is 12.6. The average molecular weight is 400 g/mol. The van der Waals surface area contributed by atoms with Crippen molar-refractivity contribution in [3.8, 4) is 23.6 Å². The van der Waals surface area contributed by atoms with Crippen LogP contribution in [0.1, 0.15) is 28.7 Å². The molecule has 3 atom stereocenters. The van der Waals surface area contributed by atoms with Crippen LogP contribution in [0.25, 0.3) is 6.08 Å². The van der Waals surface area contributed by atoms with Crippen molar-refractivity contribution in [3.63, 3.8) is 0 Å². The summed E-state index contributed by atoms with van der Waals surface area (Å²) >= 11 is 0. The third-order valence-electron chi connectivity index (χ3n) is 6.00. The number of fused-ring (bicyclic) bond motifs is 3. The number of methoxy groups -OCH3 is 2. The van der Waals surface area contributed by atoms with E-state index in [1.807, 2.05) is 30.3 Å². The fraction of sp³-hybridized carbons (Fsp3) is 0.261. The number of nitrogens with zero attached hydrogens (tertiary/aromatic N) is 3. The molecule has 30 heavy (non-hydrogen) atoms. The van der Waals surface area contributed by atoms with E-state index in [0.717, 1.165) is 11.1 Å². The van der Waals surface area contributed by atoms with Crippen molar-refractivity contribution in [1.29, 1.82) is 10.5 Å². The molecule has 2 aromatic rings. The van der Waals surface area contributed by atoms with E-state index >= 15 is 0 Å². The molecule has 2 heterocycles. The average Bonchev–Trinajstić information content (AvgIpc) is 3.09.